The largest absolute Gasteiger partial charge is 0.280 e. The Bertz CT molecular complexity index is 447. The number of nitrogens with zero attached hydrogens (tertiary/aromatic N) is 2. The van der Waals surface area contributed by atoms with Crippen molar-refractivity contribution in [1.82, 2.24) is 9.88 Å². The number of amides is 2. The summed E-state index contributed by atoms with van der Waals surface area (Å²) in [7, 11) is 0. The van der Waals surface area contributed by atoms with Crippen molar-refractivity contribution in [1.29, 1.82) is 0 Å². The zero-order valence-electron chi connectivity index (χ0n) is 8.81. The smallest absolute Gasteiger partial charge is 0.277 e. The lowest BCUT2D eigenvalue weighted by Gasteiger charge is -2.13. The number of likely N-dealkylation sites (tertiary alicyclic amines) is 1. The number of carbonyl (C=O) groups is 2. The predicted molar refractivity (Wildman–Crippen MR) is 61.8 cm³/mol. The molecule has 5 heteroatoms. The summed E-state index contributed by atoms with van der Waals surface area (Å²) in [5, 5.41) is 0. The van der Waals surface area contributed by atoms with Crippen LogP contribution in [0.4, 0.5) is 0 Å². The molecule has 1 aromatic rings. The second-order valence-corrected chi connectivity index (χ2v) is 4.81. The normalized spacial score (nSPS) is 20.2. The van der Waals surface area contributed by atoms with Crippen LogP contribution in [0.25, 0.3) is 0 Å². The van der Waals surface area contributed by atoms with E-state index in [0.29, 0.717) is 23.1 Å². The topological polar surface area (TPSA) is 50.3 Å². The standard InChI is InChI=1S/C11H11BrN2O2/c1-7-5-9(15)14(6-7)11(16)10-8(12)3-2-4-13-10/h2-4,7H,5-6H2,1H3. The number of imide groups is 1. The van der Waals surface area contributed by atoms with Gasteiger partial charge in [0.15, 0.2) is 0 Å². The van der Waals surface area contributed by atoms with Crippen molar-refractivity contribution < 1.29 is 9.59 Å². The summed E-state index contributed by atoms with van der Waals surface area (Å²) in [5.74, 6) is -0.198. The van der Waals surface area contributed by atoms with Gasteiger partial charge in [0.1, 0.15) is 5.69 Å². The first-order valence-electron chi connectivity index (χ1n) is 5.05. The average Bonchev–Trinajstić information content (AvgIpc) is 2.58. The van der Waals surface area contributed by atoms with E-state index in [0.717, 1.165) is 0 Å². The molecule has 0 N–H and O–H groups in total. The van der Waals surface area contributed by atoms with E-state index in [1.165, 1.54) is 4.90 Å². The lowest BCUT2D eigenvalue weighted by molar-refractivity contribution is -0.125. The molecule has 1 saturated heterocycles. The first-order chi connectivity index (χ1) is 7.59. The Morgan fingerprint density at radius 3 is 2.94 bits per heavy atom. The third-order valence-corrected chi connectivity index (χ3v) is 3.16. The van der Waals surface area contributed by atoms with Gasteiger partial charge in [-0.3, -0.25) is 14.5 Å². The highest BCUT2D eigenvalue weighted by Gasteiger charge is 2.33. The molecule has 0 radical (unpaired) electrons. The second-order valence-electron chi connectivity index (χ2n) is 3.95. The van der Waals surface area contributed by atoms with Gasteiger partial charge in [0.2, 0.25) is 5.91 Å². The van der Waals surface area contributed by atoms with Crippen LogP contribution in [-0.4, -0.2) is 28.2 Å². The van der Waals surface area contributed by atoms with Crippen LogP contribution in [0.3, 0.4) is 0 Å². The quantitative estimate of drug-likeness (QED) is 0.739. The highest BCUT2D eigenvalue weighted by molar-refractivity contribution is 9.10. The number of hydrogen-bond acceptors (Lipinski definition) is 3. The maximum Gasteiger partial charge on any atom is 0.280 e. The fourth-order valence-corrected chi connectivity index (χ4v) is 2.18. The van der Waals surface area contributed by atoms with Crippen LogP contribution in [0.2, 0.25) is 0 Å². The molecule has 0 saturated carbocycles. The minimum Gasteiger partial charge on any atom is -0.277 e. The third kappa shape index (κ3) is 2.00. The van der Waals surface area contributed by atoms with Crippen LogP contribution in [0.1, 0.15) is 23.8 Å². The van der Waals surface area contributed by atoms with Gasteiger partial charge in [0.05, 0.1) is 0 Å². The van der Waals surface area contributed by atoms with E-state index in [9.17, 15) is 9.59 Å². The number of aromatic nitrogens is 1. The highest BCUT2D eigenvalue weighted by Crippen LogP contribution is 2.21. The zero-order chi connectivity index (χ0) is 11.7. The van der Waals surface area contributed by atoms with Crippen molar-refractivity contribution in [3.8, 4) is 0 Å². The Morgan fingerprint density at radius 1 is 1.62 bits per heavy atom. The molecule has 2 rings (SSSR count). The number of pyridine rings is 1. The molecule has 1 aliphatic rings. The van der Waals surface area contributed by atoms with Crippen LogP contribution in [0.5, 0.6) is 0 Å². The molecular formula is C11H11BrN2O2. The Hall–Kier alpha value is -1.23. The summed E-state index contributed by atoms with van der Waals surface area (Å²) < 4.78 is 0.618. The molecule has 1 atom stereocenters. The predicted octanol–water partition coefficient (Wildman–Crippen LogP) is 1.85. The molecule has 1 fully saturated rings. The Balaban J connectivity index is 2.27. The van der Waals surface area contributed by atoms with E-state index in [-0.39, 0.29) is 17.7 Å². The molecule has 0 aromatic carbocycles. The van der Waals surface area contributed by atoms with Crippen LogP contribution >= 0.6 is 15.9 Å². The Kier molecular flexibility index (Phi) is 3.05. The fourth-order valence-electron chi connectivity index (χ4n) is 1.75. The van der Waals surface area contributed by atoms with Crippen LogP contribution in [0, 0.1) is 5.92 Å². The van der Waals surface area contributed by atoms with Gasteiger partial charge in [0.25, 0.3) is 5.91 Å². The SMILES string of the molecule is CC1CC(=O)N(C(=O)c2ncccc2Br)C1. The van der Waals surface area contributed by atoms with Gasteiger partial charge in [-0.05, 0) is 34.0 Å². The number of hydrogen-bond donors (Lipinski definition) is 0. The molecule has 1 aromatic heterocycles. The van der Waals surface area contributed by atoms with Gasteiger partial charge in [-0.25, -0.2) is 4.98 Å². The maximum atomic E-state index is 12.0. The van der Waals surface area contributed by atoms with E-state index in [1.54, 1.807) is 18.3 Å². The number of halogens is 1. The molecule has 2 amide bonds. The molecule has 4 nitrogen and oxygen atoms in total. The summed E-state index contributed by atoms with van der Waals surface area (Å²) in [6.45, 7) is 2.44. The summed E-state index contributed by atoms with van der Waals surface area (Å²) in [6.07, 6.45) is 1.98. The van der Waals surface area contributed by atoms with Gasteiger partial charge in [-0.1, -0.05) is 6.92 Å². The Labute approximate surface area is 102 Å². The number of carbonyl (C=O) groups excluding carboxylic acids is 2. The van der Waals surface area contributed by atoms with Crippen molar-refractivity contribution >= 4 is 27.7 Å². The molecule has 84 valence electrons. The van der Waals surface area contributed by atoms with Gasteiger partial charge in [-0.2, -0.15) is 0 Å². The van der Waals surface area contributed by atoms with Crippen molar-refractivity contribution in [2.75, 3.05) is 6.54 Å². The van der Waals surface area contributed by atoms with Crippen molar-refractivity contribution in [3.63, 3.8) is 0 Å². The van der Waals surface area contributed by atoms with E-state index in [1.807, 2.05) is 6.92 Å². The first-order valence-corrected chi connectivity index (χ1v) is 5.84. The van der Waals surface area contributed by atoms with E-state index >= 15 is 0 Å². The minimum atomic E-state index is -0.318. The average molecular weight is 283 g/mol. The van der Waals surface area contributed by atoms with Gasteiger partial charge >= 0.3 is 0 Å². The van der Waals surface area contributed by atoms with E-state index in [2.05, 4.69) is 20.9 Å². The summed E-state index contributed by atoms with van der Waals surface area (Å²) in [5.41, 5.74) is 0.296. The Morgan fingerprint density at radius 2 is 2.38 bits per heavy atom. The van der Waals surface area contributed by atoms with Gasteiger partial charge in [0, 0.05) is 23.6 Å². The molecule has 2 heterocycles. The van der Waals surface area contributed by atoms with E-state index < -0.39 is 0 Å². The first kappa shape index (κ1) is 11.3. The monoisotopic (exact) mass is 282 g/mol. The fraction of sp³-hybridized carbons (Fsp3) is 0.364. The summed E-state index contributed by atoms with van der Waals surface area (Å²) in [4.78, 5) is 28.9. The van der Waals surface area contributed by atoms with Crippen LogP contribution in [-0.2, 0) is 4.79 Å². The molecular weight excluding hydrogens is 272 g/mol. The molecule has 1 unspecified atom stereocenters. The number of rotatable bonds is 1. The van der Waals surface area contributed by atoms with Crippen LogP contribution in [0.15, 0.2) is 22.8 Å². The van der Waals surface area contributed by atoms with E-state index in [4.69, 9.17) is 0 Å². The maximum absolute atomic E-state index is 12.0. The lowest BCUT2D eigenvalue weighted by Crippen LogP contribution is -2.33. The molecule has 16 heavy (non-hydrogen) atoms. The molecule has 0 spiro atoms. The molecule has 1 aliphatic heterocycles. The lowest BCUT2D eigenvalue weighted by atomic mass is 10.2. The summed E-state index contributed by atoms with van der Waals surface area (Å²) >= 11 is 3.26. The van der Waals surface area contributed by atoms with Crippen molar-refractivity contribution in [2.24, 2.45) is 5.92 Å². The molecule has 0 aliphatic carbocycles. The van der Waals surface area contributed by atoms with Gasteiger partial charge in [-0.15, -0.1) is 0 Å². The zero-order valence-corrected chi connectivity index (χ0v) is 10.4. The third-order valence-electron chi connectivity index (χ3n) is 2.52. The van der Waals surface area contributed by atoms with Gasteiger partial charge < -0.3 is 0 Å². The minimum absolute atomic E-state index is 0.116. The summed E-state index contributed by atoms with van der Waals surface area (Å²) in [6, 6.07) is 3.47. The van der Waals surface area contributed by atoms with Crippen molar-refractivity contribution in [3.05, 3.63) is 28.5 Å². The van der Waals surface area contributed by atoms with Crippen LogP contribution < -0.4 is 0 Å². The highest BCUT2D eigenvalue weighted by atomic mass is 79.9. The second kappa shape index (κ2) is 4.33. The molecule has 0 bridgehead atoms. The van der Waals surface area contributed by atoms with Crippen molar-refractivity contribution in [2.45, 2.75) is 13.3 Å².